The summed E-state index contributed by atoms with van der Waals surface area (Å²) in [4.78, 5) is 32.0. The number of carbonyl (C=O) groups is 1. The van der Waals surface area contributed by atoms with Crippen molar-refractivity contribution in [3.8, 4) is 16.9 Å². The molecule has 2 aromatic heterocycles. The number of pyridine rings is 2. The topological polar surface area (TPSA) is 73.2 Å². The molecule has 0 spiro atoms. The second-order valence-electron chi connectivity index (χ2n) is 10.3. The second-order valence-corrected chi connectivity index (χ2v) is 10.3. The molecule has 0 atom stereocenters. The molecule has 0 unspecified atom stereocenters. The van der Waals surface area contributed by atoms with Crippen LogP contribution in [0.3, 0.4) is 0 Å². The minimum absolute atomic E-state index is 0.0579. The highest BCUT2D eigenvalue weighted by Crippen LogP contribution is 2.28. The first-order chi connectivity index (χ1) is 18.3. The van der Waals surface area contributed by atoms with E-state index in [9.17, 15) is 14.0 Å². The number of aryl methyl sites for hydroxylation is 1. The number of halogens is 1. The number of nitrogens with one attached hydrogen (secondary N) is 1. The van der Waals surface area contributed by atoms with Gasteiger partial charge in [0.2, 0.25) is 0 Å². The van der Waals surface area contributed by atoms with E-state index in [1.807, 2.05) is 37.3 Å². The summed E-state index contributed by atoms with van der Waals surface area (Å²) in [6.07, 6.45) is 5.67. The molecule has 2 aromatic carbocycles. The molecule has 1 N–H and O–H groups in total. The maximum absolute atomic E-state index is 13.8. The molecular weight excluding hydrogens is 481 g/mol. The first-order valence-corrected chi connectivity index (χ1v) is 13.1. The van der Waals surface area contributed by atoms with Crippen LogP contribution in [-0.4, -0.2) is 28.6 Å². The SMILES string of the molecule is COc1ccc(-c2cnc3c(c2)c(C)c(C(=O)NC2CCC(C)CC2)c(=O)n3Cc2ccc(F)cc2)cc1. The Morgan fingerprint density at radius 3 is 2.39 bits per heavy atom. The lowest BCUT2D eigenvalue weighted by Gasteiger charge is -2.27. The maximum atomic E-state index is 13.8. The van der Waals surface area contributed by atoms with Gasteiger partial charge in [-0.05, 0) is 85.5 Å². The highest BCUT2D eigenvalue weighted by Gasteiger charge is 2.25. The Labute approximate surface area is 221 Å². The van der Waals surface area contributed by atoms with Crippen LogP contribution in [0.25, 0.3) is 22.2 Å². The number of ether oxygens (including phenoxy) is 1. The van der Waals surface area contributed by atoms with E-state index in [2.05, 4.69) is 17.2 Å². The number of benzene rings is 2. The van der Waals surface area contributed by atoms with E-state index in [1.54, 1.807) is 25.4 Å². The first kappa shape index (κ1) is 25.6. The molecule has 0 saturated heterocycles. The zero-order valence-electron chi connectivity index (χ0n) is 22.0. The molecule has 38 heavy (non-hydrogen) atoms. The number of hydrogen-bond donors (Lipinski definition) is 1. The van der Waals surface area contributed by atoms with Crippen LogP contribution in [0.4, 0.5) is 4.39 Å². The van der Waals surface area contributed by atoms with E-state index in [1.165, 1.54) is 16.7 Å². The van der Waals surface area contributed by atoms with Crippen LogP contribution in [0.15, 0.2) is 65.6 Å². The van der Waals surface area contributed by atoms with E-state index in [0.29, 0.717) is 17.1 Å². The molecule has 1 fully saturated rings. The smallest absolute Gasteiger partial charge is 0.265 e. The highest BCUT2D eigenvalue weighted by atomic mass is 19.1. The molecule has 2 heterocycles. The van der Waals surface area contributed by atoms with E-state index in [4.69, 9.17) is 4.74 Å². The van der Waals surface area contributed by atoms with Gasteiger partial charge in [-0.1, -0.05) is 31.2 Å². The van der Waals surface area contributed by atoms with Crippen LogP contribution in [-0.2, 0) is 6.54 Å². The van der Waals surface area contributed by atoms with Gasteiger partial charge in [0.05, 0.1) is 13.7 Å². The molecule has 1 aliphatic carbocycles. The fraction of sp³-hybridized carbons (Fsp3) is 0.323. The first-order valence-electron chi connectivity index (χ1n) is 13.1. The maximum Gasteiger partial charge on any atom is 0.265 e. The fourth-order valence-electron chi connectivity index (χ4n) is 5.26. The Kier molecular flexibility index (Phi) is 7.27. The number of carbonyl (C=O) groups excluding carboxylic acids is 1. The fourth-order valence-corrected chi connectivity index (χ4v) is 5.26. The molecule has 0 bridgehead atoms. The molecule has 4 aromatic rings. The summed E-state index contributed by atoms with van der Waals surface area (Å²) < 4.78 is 20.3. The van der Waals surface area contributed by atoms with Crippen molar-refractivity contribution in [2.24, 2.45) is 5.92 Å². The van der Waals surface area contributed by atoms with Crippen LogP contribution < -0.4 is 15.6 Å². The Balaban J connectivity index is 1.62. The molecule has 7 heteroatoms. The minimum Gasteiger partial charge on any atom is -0.497 e. The Hall–Kier alpha value is -4.00. The standard InChI is InChI=1S/C31H32FN3O3/c1-19-4-12-25(13-5-19)34-30(36)28-20(2)27-16-23(22-8-14-26(38-3)15-9-22)17-33-29(27)35(31(28)37)18-21-6-10-24(32)11-7-21/h6-11,14-17,19,25H,4-5,12-13,18H2,1-3H3,(H,34,36). The largest absolute Gasteiger partial charge is 0.497 e. The number of nitrogens with zero attached hydrogens (tertiary/aromatic N) is 2. The second kappa shape index (κ2) is 10.8. The predicted octanol–water partition coefficient (Wildman–Crippen LogP) is 5.88. The third kappa shape index (κ3) is 5.19. The molecule has 6 nitrogen and oxygen atoms in total. The van der Waals surface area contributed by atoms with Gasteiger partial charge in [-0.3, -0.25) is 14.2 Å². The van der Waals surface area contributed by atoms with Gasteiger partial charge in [-0.25, -0.2) is 9.37 Å². The van der Waals surface area contributed by atoms with E-state index in [0.717, 1.165) is 53.5 Å². The summed E-state index contributed by atoms with van der Waals surface area (Å²) in [6, 6.07) is 15.7. The Bertz CT molecular complexity index is 1520. The molecule has 0 radical (unpaired) electrons. The molecule has 196 valence electrons. The van der Waals surface area contributed by atoms with Gasteiger partial charge in [0.1, 0.15) is 22.8 Å². The van der Waals surface area contributed by atoms with Gasteiger partial charge in [-0.15, -0.1) is 0 Å². The van der Waals surface area contributed by atoms with E-state index in [-0.39, 0.29) is 29.9 Å². The predicted molar refractivity (Wildman–Crippen MR) is 147 cm³/mol. The molecule has 0 aliphatic heterocycles. The third-order valence-corrected chi connectivity index (χ3v) is 7.62. The average Bonchev–Trinajstić information content (AvgIpc) is 2.93. The summed E-state index contributed by atoms with van der Waals surface area (Å²) >= 11 is 0. The summed E-state index contributed by atoms with van der Waals surface area (Å²) in [7, 11) is 1.62. The van der Waals surface area contributed by atoms with Crippen molar-refractivity contribution in [3.05, 3.63) is 93.7 Å². The van der Waals surface area contributed by atoms with Crippen LogP contribution in [0, 0.1) is 18.7 Å². The van der Waals surface area contributed by atoms with Gasteiger partial charge in [0.15, 0.2) is 0 Å². The van der Waals surface area contributed by atoms with Crippen LogP contribution in [0.5, 0.6) is 5.75 Å². The Morgan fingerprint density at radius 2 is 1.74 bits per heavy atom. The van der Waals surface area contributed by atoms with Gasteiger partial charge in [0, 0.05) is 23.2 Å². The number of aromatic nitrogens is 2. The lowest BCUT2D eigenvalue weighted by Crippen LogP contribution is -2.41. The van der Waals surface area contributed by atoms with E-state index < -0.39 is 5.56 Å². The summed E-state index contributed by atoms with van der Waals surface area (Å²) in [5.74, 6) is 0.708. The molecule has 1 saturated carbocycles. The lowest BCUT2D eigenvalue weighted by molar-refractivity contribution is 0.0920. The van der Waals surface area contributed by atoms with E-state index >= 15 is 0 Å². The van der Waals surface area contributed by atoms with Crippen LogP contribution in [0.1, 0.15) is 54.1 Å². The van der Waals surface area contributed by atoms with Gasteiger partial charge >= 0.3 is 0 Å². The number of rotatable bonds is 6. The Morgan fingerprint density at radius 1 is 1.05 bits per heavy atom. The zero-order valence-corrected chi connectivity index (χ0v) is 22.0. The normalized spacial score (nSPS) is 17.4. The van der Waals surface area contributed by atoms with Crippen molar-refractivity contribution in [2.45, 2.75) is 52.1 Å². The minimum atomic E-state index is -0.398. The highest BCUT2D eigenvalue weighted by molar-refractivity contribution is 6.00. The molecular formula is C31H32FN3O3. The van der Waals surface area contributed by atoms with Crippen molar-refractivity contribution in [1.82, 2.24) is 14.9 Å². The summed E-state index contributed by atoms with van der Waals surface area (Å²) in [5.41, 5.74) is 3.37. The molecule has 1 amide bonds. The third-order valence-electron chi connectivity index (χ3n) is 7.62. The van der Waals surface area contributed by atoms with Crippen LogP contribution in [0.2, 0.25) is 0 Å². The lowest BCUT2D eigenvalue weighted by atomic mass is 9.87. The average molecular weight is 514 g/mol. The summed E-state index contributed by atoms with van der Waals surface area (Å²) in [5, 5.41) is 3.85. The van der Waals surface area contributed by atoms with Gasteiger partial charge in [-0.2, -0.15) is 0 Å². The number of fused-ring (bicyclic) bond motifs is 1. The van der Waals surface area contributed by atoms with Crippen LogP contribution >= 0.6 is 0 Å². The van der Waals surface area contributed by atoms with Crippen molar-refractivity contribution in [3.63, 3.8) is 0 Å². The van der Waals surface area contributed by atoms with Gasteiger partial charge in [0.25, 0.3) is 11.5 Å². The van der Waals surface area contributed by atoms with Gasteiger partial charge < -0.3 is 10.1 Å². The molecule has 1 aliphatic rings. The van der Waals surface area contributed by atoms with Crippen molar-refractivity contribution in [1.29, 1.82) is 0 Å². The number of methoxy groups -OCH3 is 1. The quantitative estimate of drug-likeness (QED) is 0.350. The van der Waals surface area contributed by atoms with Crippen molar-refractivity contribution in [2.75, 3.05) is 7.11 Å². The van der Waals surface area contributed by atoms with Crippen molar-refractivity contribution >= 4 is 16.9 Å². The zero-order chi connectivity index (χ0) is 26.8. The number of hydrogen-bond acceptors (Lipinski definition) is 4. The van der Waals surface area contributed by atoms with Crippen molar-refractivity contribution < 1.29 is 13.9 Å². The molecule has 5 rings (SSSR count). The monoisotopic (exact) mass is 513 g/mol. The number of amides is 1. The summed E-state index contributed by atoms with van der Waals surface area (Å²) in [6.45, 7) is 4.21.